The molecule has 0 N–H and O–H groups in total. The van der Waals surface area contributed by atoms with Crippen LogP contribution in [0, 0.1) is 13.8 Å². The highest BCUT2D eigenvalue weighted by atomic mass is 15.2. The van der Waals surface area contributed by atoms with Crippen molar-refractivity contribution in [2.24, 2.45) is 0 Å². The average Bonchev–Trinajstić information content (AvgIpc) is 3.22. The number of anilines is 9. The van der Waals surface area contributed by atoms with Gasteiger partial charge in [0.1, 0.15) is 0 Å². The molecule has 0 atom stereocenters. The van der Waals surface area contributed by atoms with Crippen LogP contribution in [0.3, 0.4) is 0 Å². The van der Waals surface area contributed by atoms with Crippen LogP contribution in [-0.2, 0) is 0 Å². The van der Waals surface area contributed by atoms with Gasteiger partial charge in [-0.3, -0.25) is 0 Å². The molecule has 0 radical (unpaired) electrons. The minimum atomic E-state index is 1.07. The van der Waals surface area contributed by atoms with E-state index in [1.807, 2.05) is 0 Å². The molecular formula is C50H41N3. The molecule has 0 amide bonds. The van der Waals surface area contributed by atoms with E-state index < -0.39 is 0 Å². The molecule has 0 fully saturated rings. The fourth-order valence-electron chi connectivity index (χ4n) is 7.18. The molecule has 3 heteroatoms. The van der Waals surface area contributed by atoms with Crippen molar-refractivity contribution in [1.29, 1.82) is 0 Å². The molecule has 0 aromatic heterocycles. The first-order chi connectivity index (χ1) is 26.2. The number of rotatable bonds is 10. The summed E-state index contributed by atoms with van der Waals surface area (Å²) in [6.45, 7) is 4.42. The molecule has 256 valence electrons. The molecule has 3 nitrogen and oxygen atoms in total. The van der Waals surface area contributed by atoms with Gasteiger partial charge < -0.3 is 14.7 Å². The molecule has 0 saturated heterocycles. The van der Waals surface area contributed by atoms with E-state index in [-0.39, 0.29) is 0 Å². The molecule has 0 spiro atoms. The second-order valence-corrected chi connectivity index (χ2v) is 13.1. The normalized spacial score (nSPS) is 10.8. The van der Waals surface area contributed by atoms with Crippen molar-refractivity contribution >= 4 is 51.2 Å². The lowest BCUT2D eigenvalue weighted by molar-refractivity contribution is 1.23. The third kappa shape index (κ3) is 6.93. The molecule has 8 aromatic carbocycles. The molecule has 0 unspecified atom stereocenters. The first kappa shape index (κ1) is 33.3. The van der Waals surface area contributed by atoms with Crippen molar-refractivity contribution in [1.82, 2.24) is 0 Å². The van der Waals surface area contributed by atoms with Crippen molar-refractivity contribution in [3.05, 3.63) is 223 Å². The highest BCUT2D eigenvalue weighted by Gasteiger charge is 2.20. The van der Waals surface area contributed by atoms with Crippen LogP contribution in [-0.4, -0.2) is 0 Å². The predicted octanol–water partition coefficient (Wildman–Crippen LogP) is 14.4. The Morgan fingerprint density at radius 1 is 0.264 bits per heavy atom. The number of nitrogens with zero attached hydrogens (tertiary/aromatic N) is 3. The van der Waals surface area contributed by atoms with Gasteiger partial charge in [-0.1, -0.05) is 115 Å². The van der Waals surface area contributed by atoms with E-state index in [9.17, 15) is 0 Å². The summed E-state index contributed by atoms with van der Waals surface area (Å²) in [4.78, 5) is 7.01. The molecule has 0 aliphatic carbocycles. The fraction of sp³-hybridized carbons (Fsp3) is 0.0400. The second kappa shape index (κ2) is 15.2. The van der Waals surface area contributed by atoms with Crippen LogP contribution in [0.5, 0.6) is 0 Å². The van der Waals surface area contributed by atoms with Crippen molar-refractivity contribution in [3.63, 3.8) is 0 Å². The lowest BCUT2D eigenvalue weighted by Crippen LogP contribution is -2.14. The predicted molar refractivity (Wildman–Crippen MR) is 225 cm³/mol. The van der Waals surface area contributed by atoms with Crippen LogP contribution >= 0.6 is 0 Å². The van der Waals surface area contributed by atoms with Crippen LogP contribution in [0.4, 0.5) is 51.2 Å². The van der Waals surface area contributed by atoms with Gasteiger partial charge in [0.2, 0.25) is 0 Å². The summed E-state index contributed by atoms with van der Waals surface area (Å²) in [6.07, 6.45) is 0. The van der Waals surface area contributed by atoms with Gasteiger partial charge in [-0.25, -0.2) is 0 Å². The third-order valence-electron chi connectivity index (χ3n) is 9.75. The molecule has 53 heavy (non-hydrogen) atoms. The quantitative estimate of drug-likeness (QED) is 0.142. The minimum absolute atomic E-state index is 1.07. The lowest BCUT2D eigenvalue weighted by atomic mass is 9.95. The highest BCUT2D eigenvalue weighted by Crippen LogP contribution is 2.43. The maximum Gasteiger partial charge on any atom is 0.0496 e. The first-order valence-electron chi connectivity index (χ1n) is 18.1. The number of benzene rings is 8. The number of para-hydroxylation sites is 4. The van der Waals surface area contributed by atoms with Gasteiger partial charge in [0.05, 0.1) is 0 Å². The molecule has 0 aliphatic rings. The zero-order valence-corrected chi connectivity index (χ0v) is 30.0. The second-order valence-electron chi connectivity index (χ2n) is 13.1. The van der Waals surface area contributed by atoms with Crippen LogP contribution in [0.15, 0.2) is 212 Å². The molecule has 0 heterocycles. The molecule has 8 aromatic rings. The topological polar surface area (TPSA) is 9.72 Å². The van der Waals surface area contributed by atoms with Crippen molar-refractivity contribution in [2.75, 3.05) is 14.7 Å². The van der Waals surface area contributed by atoms with Gasteiger partial charge in [-0.2, -0.15) is 0 Å². The standard InChI is InChI=1S/C50H41N3/c1-38-19-15-16-30-48(38)49-31-18-32-50(39(49)2)53(43-26-13-6-14-27-43)45-35-33-44(34-36-45)52(42-24-11-5-12-25-42)47-29-17-28-46(37-47)51(40-20-7-3-8-21-40)41-22-9-4-10-23-41/h3-37H,1-2H3. The van der Waals surface area contributed by atoms with Crippen molar-refractivity contribution in [3.8, 4) is 11.1 Å². The van der Waals surface area contributed by atoms with Gasteiger partial charge in [0.25, 0.3) is 0 Å². The van der Waals surface area contributed by atoms with E-state index >= 15 is 0 Å². The Kier molecular flexibility index (Phi) is 9.54. The Balaban J connectivity index is 1.22. The van der Waals surface area contributed by atoms with E-state index in [2.05, 4.69) is 241 Å². The maximum atomic E-state index is 2.37. The summed E-state index contributed by atoms with van der Waals surface area (Å²) < 4.78 is 0. The van der Waals surface area contributed by atoms with Crippen molar-refractivity contribution < 1.29 is 0 Å². The minimum Gasteiger partial charge on any atom is -0.310 e. The van der Waals surface area contributed by atoms with E-state index in [1.54, 1.807) is 0 Å². The maximum absolute atomic E-state index is 2.37. The summed E-state index contributed by atoms with van der Waals surface area (Å²) >= 11 is 0. The summed E-state index contributed by atoms with van der Waals surface area (Å²) in [7, 11) is 0. The molecule has 0 saturated carbocycles. The summed E-state index contributed by atoms with van der Waals surface area (Å²) in [5.74, 6) is 0. The summed E-state index contributed by atoms with van der Waals surface area (Å²) in [5, 5.41) is 0. The Morgan fingerprint density at radius 3 is 1.08 bits per heavy atom. The smallest absolute Gasteiger partial charge is 0.0496 e. The van der Waals surface area contributed by atoms with E-state index in [1.165, 1.54) is 22.3 Å². The highest BCUT2D eigenvalue weighted by molar-refractivity contribution is 5.87. The average molecular weight is 684 g/mol. The molecule has 0 bridgehead atoms. The van der Waals surface area contributed by atoms with Gasteiger partial charge in [0, 0.05) is 51.2 Å². The van der Waals surface area contributed by atoms with Gasteiger partial charge in [-0.15, -0.1) is 0 Å². The SMILES string of the molecule is Cc1ccccc1-c1cccc(N(c2ccccc2)c2ccc(N(c3ccccc3)c3cccc(N(c4ccccc4)c4ccccc4)c3)cc2)c1C. The molecular weight excluding hydrogens is 643 g/mol. The Morgan fingerprint density at radius 2 is 0.604 bits per heavy atom. The van der Waals surface area contributed by atoms with Gasteiger partial charge in [0.15, 0.2) is 0 Å². The van der Waals surface area contributed by atoms with Gasteiger partial charge >= 0.3 is 0 Å². The van der Waals surface area contributed by atoms with E-state index in [0.29, 0.717) is 0 Å². The Labute approximate surface area is 313 Å². The zero-order chi connectivity index (χ0) is 36.0. The summed E-state index contributed by atoms with van der Waals surface area (Å²) in [6, 6.07) is 75.4. The van der Waals surface area contributed by atoms with Gasteiger partial charge in [-0.05, 0) is 133 Å². The Hall–Kier alpha value is -6.84. The number of hydrogen-bond acceptors (Lipinski definition) is 3. The molecule has 8 rings (SSSR count). The number of aryl methyl sites for hydroxylation is 1. The lowest BCUT2D eigenvalue weighted by Gasteiger charge is -2.31. The third-order valence-corrected chi connectivity index (χ3v) is 9.75. The Bertz CT molecular complexity index is 2370. The monoisotopic (exact) mass is 683 g/mol. The van der Waals surface area contributed by atoms with E-state index in [4.69, 9.17) is 0 Å². The molecule has 0 aliphatic heterocycles. The largest absolute Gasteiger partial charge is 0.310 e. The fourth-order valence-corrected chi connectivity index (χ4v) is 7.18. The van der Waals surface area contributed by atoms with Crippen LogP contribution < -0.4 is 14.7 Å². The van der Waals surface area contributed by atoms with Crippen LogP contribution in [0.2, 0.25) is 0 Å². The first-order valence-corrected chi connectivity index (χ1v) is 18.1. The number of hydrogen-bond donors (Lipinski definition) is 0. The van der Waals surface area contributed by atoms with Crippen molar-refractivity contribution in [2.45, 2.75) is 13.8 Å². The summed E-state index contributed by atoms with van der Waals surface area (Å²) in [5.41, 5.74) is 14.9. The van der Waals surface area contributed by atoms with Crippen LogP contribution in [0.25, 0.3) is 11.1 Å². The van der Waals surface area contributed by atoms with Crippen LogP contribution in [0.1, 0.15) is 11.1 Å². The van der Waals surface area contributed by atoms with E-state index in [0.717, 1.165) is 51.2 Å². The zero-order valence-electron chi connectivity index (χ0n) is 30.0.